The average Bonchev–Trinajstić information content (AvgIpc) is 2.59. The molecular weight excluding hydrogens is 340 g/mol. The normalized spacial score (nSPS) is 11.0. The highest BCUT2D eigenvalue weighted by Crippen LogP contribution is 2.30. The second-order valence-corrected chi connectivity index (χ2v) is 5.59. The van der Waals surface area contributed by atoms with Gasteiger partial charge in [-0.2, -0.15) is 8.78 Å². The van der Waals surface area contributed by atoms with Gasteiger partial charge in [0, 0.05) is 11.8 Å². The number of carbonyl (C=O) groups is 1. The van der Waals surface area contributed by atoms with Crippen molar-refractivity contribution in [3.05, 3.63) is 59.2 Å². The molecular formula is C20H21F2NO3. The van der Waals surface area contributed by atoms with E-state index in [-0.39, 0.29) is 17.4 Å². The number of hydrogen-bond donors (Lipinski definition) is 1. The number of rotatable bonds is 7. The molecule has 4 nitrogen and oxygen atoms in total. The van der Waals surface area contributed by atoms with Crippen molar-refractivity contribution in [2.45, 2.75) is 27.4 Å². The number of alkyl halides is 2. The molecule has 0 aliphatic rings. The molecule has 0 bridgehead atoms. The summed E-state index contributed by atoms with van der Waals surface area (Å²) in [5.41, 5.74) is 3.46. The fourth-order valence-electron chi connectivity index (χ4n) is 2.32. The predicted molar refractivity (Wildman–Crippen MR) is 97.8 cm³/mol. The van der Waals surface area contributed by atoms with Crippen LogP contribution in [0.3, 0.4) is 0 Å². The SMILES string of the molecule is CCOc1cc(/C=C/C(=O)Nc2cccc(C)c2C)ccc1OC(F)F. The molecule has 0 aromatic heterocycles. The molecule has 0 aliphatic heterocycles. The van der Waals surface area contributed by atoms with Crippen molar-refractivity contribution in [3.63, 3.8) is 0 Å². The van der Waals surface area contributed by atoms with Crippen molar-refractivity contribution in [1.29, 1.82) is 0 Å². The van der Waals surface area contributed by atoms with Crippen molar-refractivity contribution < 1.29 is 23.0 Å². The van der Waals surface area contributed by atoms with Crippen LogP contribution in [0.2, 0.25) is 0 Å². The number of amides is 1. The minimum atomic E-state index is -2.93. The largest absolute Gasteiger partial charge is 0.490 e. The lowest BCUT2D eigenvalue weighted by molar-refractivity contribution is -0.111. The third-order valence-electron chi connectivity index (χ3n) is 3.77. The van der Waals surface area contributed by atoms with E-state index >= 15 is 0 Å². The van der Waals surface area contributed by atoms with Crippen molar-refractivity contribution in [3.8, 4) is 11.5 Å². The molecule has 0 atom stereocenters. The van der Waals surface area contributed by atoms with Crippen LogP contribution in [0.5, 0.6) is 11.5 Å². The number of aryl methyl sites for hydroxylation is 1. The first-order valence-electron chi connectivity index (χ1n) is 8.17. The van der Waals surface area contributed by atoms with E-state index in [0.717, 1.165) is 16.8 Å². The molecule has 138 valence electrons. The molecule has 0 saturated heterocycles. The van der Waals surface area contributed by atoms with Crippen molar-refractivity contribution in [1.82, 2.24) is 0 Å². The Bertz CT molecular complexity index is 804. The Kier molecular flexibility index (Phi) is 6.72. The zero-order valence-corrected chi connectivity index (χ0v) is 14.9. The van der Waals surface area contributed by atoms with Gasteiger partial charge in [-0.15, -0.1) is 0 Å². The van der Waals surface area contributed by atoms with E-state index < -0.39 is 6.61 Å². The summed E-state index contributed by atoms with van der Waals surface area (Å²) in [6.07, 6.45) is 2.95. The molecule has 2 aromatic carbocycles. The second kappa shape index (κ2) is 8.99. The fourth-order valence-corrected chi connectivity index (χ4v) is 2.32. The molecule has 0 aliphatic carbocycles. The first-order valence-corrected chi connectivity index (χ1v) is 8.17. The summed E-state index contributed by atoms with van der Waals surface area (Å²) in [5, 5.41) is 2.82. The van der Waals surface area contributed by atoms with E-state index in [0.29, 0.717) is 12.2 Å². The molecule has 0 spiro atoms. The maximum absolute atomic E-state index is 12.4. The quantitative estimate of drug-likeness (QED) is 0.710. The molecule has 1 amide bonds. The van der Waals surface area contributed by atoms with Gasteiger partial charge in [0.15, 0.2) is 11.5 Å². The Balaban J connectivity index is 2.12. The monoisotopic (exact) mass is 361 g/mol. The number of carbonyl (C=O) groups excluding carboxylic acids is 1. The summed E-state index contributed by atoms with van der Waals surface area (Å²) >= 11 is 0. The predicted octanol–water partition coefficient (Wildman–Crippen LogP) is 4.96. The van der Waals surface area contributed by atoms with E-state index in [1.807, 2.05) is 32.0 Å². The zero-order chi connectivity index (χ0) is 19.1. The van der Waals surface area contributed by atoms with E-state index in [2.05, 4.69) is 10.1 Å². The van der Waals surface area contributed by atoms with Gasteiger partial charge in [-0.05, 0) is 61.7 Å². The maximum Gasteiger partial charge on any atom is 0.387 e. The lowest BCUT2D eigenvalue weighted by atomic mass is 10.1. The highest BCUT2D eigenvalue weighted by Gasteiger charge is 2.11. The summed E-state index contributed by atoms with van der Waals surface area (Å²) in [6.45, 7) is 3.02. The van der Waals surface area contributed by atoms with Crippen molar-refractivity contribution >= 4 is 17.7 Å². The summed E-state index contributed by atoms with van der Waals surface area (Å²) in [4.78, 5) is 12.1. The first kappa shape index (κ1) is 19.4. The van der Waals surface area contributed by atoms with Gasteiger partial charge in [0.2, 0.25) is 5.91 Å². The molecule has 1 N–H and O–H groups in total. The molecule has 0 unspecified atom stereocenters. The zero-order valence-electron chi connectivity index (χ0n) is 14.9. The Hall–Kier alpha value is -2.89. The van der Waals surface area contributed by atoms with E-state index in [1.165, 1.54) is 12.1 Å². The summed E-state index contributed by atoms with van der Waals surface area (Å²) in [7, 11) is 0. The molecule has 0 radical (unpaired) electrons. The van der Waals surface area contributed by atoms with Gasteiger partial charge in [-0.1, -0.05) is 18.2 Å². The Morgan fingerprint density at radius 1 is 1.19 bits per heavy atom. The van der Waals surface area contributed by atoms with Crippen LogP contribution >= 0.6 is 0 Å². The van der Waals surface area contributed by atoms with Crippen LogP contribution in [-0.4, -0.2) is 19.1 Å². The first-order chi connectivity index (χ1) is 12.4. The van der Waals surface area contributed by atoms with E-state index in [9.17, 15) is 13.6 Å². The van der Waals surface area contributed by atoms with E-state index in [4.69, 9.17) is 4.74 Å². The molecule has 26 heavy (non-hydrogen) atoms. The van der Waals surface area contributed by atoms with Gasteiger partial charge in [-0.25, -0.2) is 0 Å². The van der Waals surface area contributed by atoms with Gasteiger partial charge in [0.05, 0.1) is 6.61 Å². The van der Waals surface area contributed by atoms with Crippen molar-refractivity contribution in [2.75, 3.05) is 11.9 Å². The van der Waals surface area contributed by atoms with Crippen LogP contribution in [0.1, 0.15) is 23.6 Å². The molecule has 0 saturated carbocycles. The van der Waals surface area contributed by atoms with Gasteiger partial charge in [-0.3, -0.25) is 4.79 Å². The highest BCUT2D eigenvalue weighted by atomic mass is 19.3. The standard InChI is InChI=1S/C20H21F2NO3/c1-4-25-18-12-15(8-10-17(18)26-20(21)22)9-11-19(24)23-16-7-5-6-13(2)14(16)3/h5-12,20H,4H2,1-3H3,(H,23,24)/b11-9+. The number of ether oxygens (including phenoxy) is 2. The topological polar surface area (TPSA) is 47.6 Å². The van der Waals surface area contributed by atoms with Crippen LogP contribution in [0.25, 0.3) is 6.08 Å². The Morgan fingerprint density at radius 3 is 2.65 bits per heavy atom. The Morgan fingerprint density at radius 2 is 1.96 bits per heavy atom. The lowest BCUT2D eigenvalue weighted by Crippen LogP contribution is -2.09. The van der Waals surface area contributed by atoms with Gasteiger partial charge in [0.25, 0.3) is 0 Å². The van der Waals surface area contributed by atoms with Crippen LogP contribution < -0.4 is 14.8 Å². The lowest BCUT2D eigenvalue weighted by Gasteiger charge is -2.11. The number of hydrogen-bond acceptors (Lipinski definition) is 3. The van der Waals surface area contributed by atoms with Gasteiger partial charge in [0.1, 0.15) is 0 Å². The Labute approximate surface area is 151 Å². The van der Waals surface area contributed by atoms with Crippen molar-refractivity contribution in [2.24, 2.45) is 0 Å². The smallest absolute Gasteiger partial charge is 0.387 e. The molecule has 0 fully saturated rings. The minimum Gasteiger partial charge on any atom is -0.490 e. The average molecular weight is 361 g/mol. The van der Waals surface area contributed by atoms with Crippen LogP contribution in [0.15, 0.2) is 42.5 Å². The third kappa shape index (κ3) is 5.31. The molecule has 0 heterocycles. The minimum absolute atomic E-state index is 0.0427. The van der Waals surface area contributed by atoms with Gasteiger partial charge < -0.3 is 14.8 Å². The van der Waals surface area contributed by atoms with Crippen LogP contribution in [0, 0.1) is 13.8 Å². The number of nitrogens with one attached hydrogen (secondary N) is 1. The number of halogens is 2. The molecule has 6 heteroatoms. The third-order valence-corrected chi connectivity index (χ3v) is 3.77. The summed E-state index contributed by atoms with van der Waals surface area (Å²) in [6, 6.07) is 10.2. The maximum atomic E-state index is 12.4. The van der Waals surface area contributed by atoms with E-state index in [1.54, 1.807) is 25.1 Å². The van der Waals surface area contributed by atoms with Crippen LogP contribution in [-0.2, 0) is 4.79 Å². The fraction of sp³-hybridized carbons (Fsp3) is 0.250. The summed E-state index contributed by atoms with van der Waals surface area (Å²) in [5.74, 6) is -0.131. The van der Waals surface area contributed by atoms with Crippen LogP contribution in [0.4, 0.5) is 14.5 Å². The van der Waals surface area contributed by atoms with Gasteiger partial charge >= 0.3 is 6.61 Å². The second-order valence-electron chi connectivity index (χ2n) is 5.59. The number of anilines is 1. The molecule has 2 aromatic rings. The highest BCUT2D eigenvalue weighted by molar-refractivity contribution is 6.02. The summed E-state index contributed by atoms with van der Waals surface area (Å²) < 4.78 is 34.6. The number of benzene rings is 2. The molecule has 2 rings (SSSR count).